The molecule has 0 spiro atoms. The van der Waals surface area contributed by atoms with Crippen molar-refractivity contribution in [2.45, 2.75) is 6.92 Å². The second kappa shape index (κ2) is 11.9. The molecule has 2 aromatic rings. The fourth-order valence-electron chi connectivity index (χ4n) is 2.64. The fraction of sp³-hybridized carbons (Fsp3) is 0.350. The van der Waals surface area contributed by atoms with Crippen molar-refractivity contribution in [2.24, 2.45) is 4.99 Å². The molecule has 0 radical (unpaired) electrons. The van der Waals surface area contributed by atoms with E-state index >= 15 is 0 Å². The van der Waals surface area contributed by atoms with Gasteiger partial charge in [0.15, 0.2) is 0 Å². The number of nitrogens with zero attached hydrogens (tertiary/aromatic N) is 2. The largest absolute Gasteiger partial charge is 0.495 e. The smallest absolute Gasteiger partial charge is 0.147 e. The summed E-state index contributed by atoms with van der Waals surface area (Å²) in [5.41, 5.74) is 2.70. The van der Waals surface area contributed by atoms with E-state index in [0.29, 0.717) is 31.5 Å². The Hall–Kier alpha value is -0.950. The molecule has 0 aliphatic rings. The van der Waals surface area contributed by atoms with Crippen LogP contribution in [0.2, 0.25) is 0 Å². The minimum Gasteiger partial charge on any atom is -0.495 e. The van der Waals surface area contributed by atoms with Gasteiger partial charge in [0.25, 0.3) is 0 Å². The molecule has 2 rings (SSSR count). The molecule has 0 amide bonds. The Balaban J connectivity index is 2.27. The van der Waals surface area contributed by atoms with Gasteiger partial charge in [0.2, 0.25) is 0 Å². The van der Waals surface area contributed by atoms with Crippen LogP contribution in [0.1, 0.15) is 12.5 Å². The molecule has 2 aromatic carbocycles. The highest BCUT2D eigenvalue weighted by molar-refractivity contribution is 9.11. The average molecular weight is 553 g/mol. The minimum absolute atomic E-state index is 0.519. The van der Waals surface area contributed by atoms with E-state index in [4.69, 9.17) is 32.7 Å². The van der Waals surface area contributed by atoms with Crippen LogP contribution >= 0.6 is 55.1 Å². The summed E-state index contributed by atoms with van der Waals surface area (Å²) in [7, 11) is 1.65. The van der Waals surface area contributed by atoms with Gasteiger partial charge < -0.3 is 14.4 Å². The second-order valence-electron chi connectivity index (χ2n) is 5.73. The van der Waals surface area contributed by atoms with Crippen molar-refractivity contribution in [3.63, 3.8) is 0 Å². The first-order valence-corrected chi connectivity index (χ1v) is 11.4. The van der Waals surface area contributed by atoms with Crippen LogP contribution in [0.4, 0.5) is 11.4 Å². The summed E-state index contributed by atoms with van der Waals surface area (Å²) in [6.45, 7) is 3.94. The Morgan fingerprint density at radius 1 is 1.07 bits per heavy atom. The number of aliphatic imine (C=N–C) groups is 1. The predicted octanol–water partition coefficient (Wildman–Crippen LogP) is 6.65. The Kier molecular flexibility index (Phi) is 9.92. The summed E-state index contributed by atoms with van der Waals surface area (Å²) in [5.74, 6) is 2.56. The van der Waals surface area contributed by atoms with Crippen molar-refractivity contribution < 1.29 is 9.47 Å². The molecule has 0 aliphatic heterocycles. The van der Waals surface area contributed by atoms with Gasteiger partial charge in [-0.1, -0.05) is 6.07 Å². The van der Waals surface area contributed by atoms with Crippen molar-refractivity contribution in [3.8, 4) is 11.5 Å². The molecule has 0 aliphatic carbocycles. The Bertz CT molecular complexity index is 790. The summed E-state index contributed by atoms with van der Waals surface area (Å²) >= 11 is 18.9. The molecule has 0 heterocycles. The van der Waals surface area contributed by atoms with E-state index in [1.165, 1.54) is 0 Å². The standard InChI is InChI=1S/C20H22Br2Cl2N2O2/c1-3-28-20-16(21)11-15(12-17(20)22)25-13-14-4-5-18(19(10-14)27-2)26(8-6-23)9-7-24/h4-5,10-13H,3,6-9H2,1-2H3. The van der Waals surface area contributed by atoms with E-state index in [2.05, 4.69) is 41.8 Å². The molecule has 0 aromatic heterocycles. The van der Waals surface area contributed by atoms with Crippen molar-refractivity contribution in [2.75, 3.05) is 43.5 Å². The van der Waals surface area contributed by atoms with E-state index in [9.17, 15) is 0 Å². The molecular formula is C20H22Br2Cl2N2O2. The number of rotatable bonds is 10. The first kappa shape index (κ1) is 23.3. The van der Waals surface area contributed by atoms with E-state index in [0.717, 1.165) is 37.4 Å². The molecule has 0 unspecified atom stereocenters. The Morgan fingerprint density at radius 3 is 2.25 bits per heavy atom. The number of hydrogen-bond donors (Lipinski definition) is 0. The number of benzene rings is 2. The number of hydrogen-bond acceptors (Lipinski definition) is 4. The van der Waals surface area contributed by atoms with Crippen molar-refractivity contribution in [1.82, 2.24) is 0 Å². The Labute approximate surface area is 193 Å². The molecule has 28 heavy (non-hydrogen) atoms. The highest BCUT2D eigenvalue weighted by Gasteiger charge is 2.12. The summed E-state index contributed by atoms with van der Waals surface area (Å²) in [4.78, 5) is 6.68. The molecule has 8 heteroatoms. The highest BCUT2D eigenvalue weighted by Crippen LogP contribution is 2.37. The van der Waals surface area contributed by atoms with Crippen LogP contribution < -0.4 is 14.4 Å². The van der Waals surface area contributed by atoms with Gasteiger partial charge in [-0.2, -0.15) is 0 Å². The van der Waals surface area contributed by atoms with E-state index < -0.39 is 0 Å². The molecule has 0 bridgehead atoms. The molecule has 152 valence electrons. The lowest BCUT2D eigenvalue weighted by Gasteiger charge is -2.25. The van der Waals surface area contributed by atoms with Crippen molar-refractivity contribution in [1.29, 1.82) is 0 Å². The number of anilines is 1. The molecule has 0 fully saturated rings. The van der Waals surface area contributed by atoms with Crippen LogP contribution in [0.25, 0.3) is 0 Å². The topological polar surface area (TPSA) is 34.1 Å². The van der Waals surface area contributed by atoms with Crippen LogP contribution in [-0.2, 0) is 0 Å². The molecular weight excluding hydrogens is 531 g/mol. The monoisotopic (exact) mass is 550 g/mol. The van der Waals surface area contributed by atoms with Gasteiger partial charge in [-0.3, -0.25) is 4.99 Å². The van der Waals surface area contributed by atoms with Gasteiger partial charge in [-0.15, -0.1) is 23.2 Å². The van der Waals surface area contributed by atoms with Crippen LogP contribution in [0, 0.1) is 0 Å². The molecule has 4 nitrogen and oxygen atoms in total. The fourth-order valence-corrected chi connectivity index (χ4v) is 4.44. The number of ether oxygens (including phenoxy) is 2. The van der Waals surface area contributed by atoms with Crippen LogP contribution in [-0.4, -0.2) is 44.8 Å². The molecule has 0 atom stereocenters. The lowest BCUT2D eigenvalue weighted by atomic mass is 10.2. The number of halogens is 4. The van der Waals surface area contributed by atoms with Gasteiger partial charge in [-0.25, -0.2) is 0 Å². The zero-order valence-corrected chi connectivity index (χ0v) is 20.4. The summed E-state index contributed by atoms with van der Waals surface area (Å²) in [5, 5.41) is 0. The highest BCUT2D eigenvalue weighted by atomic mass is 79.9. The summed E-state index contributed by atoms with van der Waals surface area (Å²) < 4.78 is 12.9. The maximum absolute atomic E-state index is 5.92. The summed E-state index contributed by atoms with van der Waals surface area (Å²) in [6, 6.07) is 9.78. The second-order valence-corrected chi connectivity index (χ2v) is 8.19. The zero-order chi connectivity index (χ0) is 20.5. The lowest BCUT2D eigenvalue weighted by molar-refractivity contribution is 0.336. The van der Waals surface area contributed by atoms with Gasteiger partial charge >= 0.3 is 0 Å². The van der Waals surface area contributed by atoms with Crippen LogP contribution in [0.5, 0.6) is 11.5 Å². The third-order valence-corrected chi connectivity index (χ3v) is 5.40. The minimum atomic E-state index is 0.519. The maximum Gasteiger partial charge on any atom is 0.147 e. The molecule has 0 N–H and O–H groups in total. The normalized spacial score (nSPS) is 11.1. The zero-order valence-electron chi connectivity index (χ0n) is 15.7. The first-order chi connectivity index (χ1) is 13.5. The SMILES string of the molecule is CCOc1c(Br)cc(N=Cc2ccc(N(CCCl)CCCl)c(OC)c2)cc1Br. The van der Waals surface area contributed by atoms with Gasteiger partial charge in [0.05, 0.1) is 34.0 Å². The third-order valence-electron chi connectivity index (χ3n) is 3.89. The predicted molar refractivity (Wildman–Crippen MR) is 127 cm³/mol. The van der Waals surface area contributed by atoms with Gasteiger partial charge in [0, 0.05) is 31.1 Å². The quantitative estimate of drug-likeness (QED) is 0.244. The number of methoxy groups -OCH3 is 1. The van der Waals surface area contributed by atoms with E-state index in [1.54, 1.807) is 13.3 Å². The van der Waals surface area contributed by atoms with Gasteiger partial charge in [0.1, 0.15) is 11.5 Å². The Morgan fingerprint density at radius 2 is 1.71 bits per heavy atom. The lowest BCUT2D eigenvalue weighted by Crippen LogP contribution is -2.28. The van der Waals surface area contributed by atoms with Crippen molar-refractivity contribution in [3.05, 3.63) is 44.8 Å². The average Bonchev–Trinajstić information content (AvgIpc) is 2.69. The van der Waals surface area contributed by atoms with Crippen LogP contribution in [0.15, 0.2) is 44.3 Å². The molecule has 0 saturated heterocycles. The van der Waals surface area contributed by atoms with Crippen LogP contribution in [0.3, 0.4) is 0 Å². The molecule has 0 saturated carbocycles. The van der Waals surface area contributed by atoms with E-state index in [-0.39, 0.29) is 0 Å². The van der Waals surface area contributed by atoms with Gasteiger partial charge in [-0.05, 0) is 68.6 Å². The maximum atomic E-state index is 5.92. The summed E-state index contributed by atoms with van der Waals surface area (Å²) in [6.07, 6.45) is 1.80. The third kappa shape index (κ3) is 6.28. The first-order valence-electron chi connectivity index (χ1n) is 8.74. The van der Waals surface area contributed by atoms with Crippen molar-refractivity contribution >= 4 is 72.7 Å². The number of alkyl halides is 2. The van der Waals surface area contributed by atoms with E-state index in [1.807, 2.05) is 37.3 Å².